The Morgan fingerprint density at radius 1 is 1.16 bits per heavy atom. The van der Waals surface area contributed by atoms with Crippen molar-refractivity contribution in [2.24, 2.45) is 0 Å². The molecule has 0 aromatic heterocycles. The zero-order valence-electron chi connectivity index (χ0n) is 12.4. The minimum atomic E-state index is -0.600. The highest BCUT2D eigenvalue weighted by molar-refractivity contribution is 5.88. The summed E-state index contributed by atoms with van der Waals surface area (Å²) in [5.74, 6) is -0.333. The van der Waals surface area contributed by atoms with Gasteiger partial charge in [0.2, 0.25) is 0 Å². The maximum Gasteiger partial charge on any atom is 0.333 e. The van der Waals surface area contributed by atoms with Crippen LogP contribution < -0.4 is 0 Å². The van der Waals surface area contributed by atoms with Crippen LogP contribution in [-0.4, -0.2) is 35.5 Å². The Kier molecular flexibility index (Phi) is 10.5. The average Bonchev–Trinajstić information content (AvgIpc) is 2.41. The van der Waals surface area contributed by atoms with Gasteiger partial charge in [0.1, 0.15) is 0 Å². The van der Waals surface area contributed by atoms with Crippen LogP contribution in [0.3, 0.4) is 0 Å². The molecule has 112 valence electrons. The minimum absolute atomic E-state index is 0.188. The van der Waals surface area contributed by atoms with Crippen molar-refractivity contribution < 1.29 is 19.7 Å². The number of carbonyl (C=O) groups is 1. The summed E-state index contributed by atoms with van der Waals surface area (Å²) in [5, 5.41) is 18.7. The van der Waals surface area contributed by atoms with Crippen LogP contribution in [0.2, 0.25) is 0 Å². The lowest BCUT2D eigenvalue weighted by Gasteiger charge is -2.14. The van der Waals surface area contributed by atoms with Crippen molar-refractivity contribution in [3.63, 3.8) is 0 Å². The zero-order chi connectivity index (χ0) is 14.7. The van der Waals surface area contributed by atoms with Gasteiger partial charge < -0.3 is 14.9 Å². The third-order valence-electron chi connectivity index (χ3n) is 3.26. The molecule has 0 aliphatic heterocycles. The summed E-state index contributed by atoms with van der Waals surface area (Å²) in [5.41, 5.74) is 1.19. The number of unbranched alkanes of at least 4 members (excludes halogenated alkanes) is 3. The Morgan fingerprint density at radius 2 is 1.84 bits per heavy atom. The van der Waals surface area contributed by atoms with Crippen molar-refractivity contribution in [1.29, 1.82) is 0 Å². The van der Waals surface area contributed by atoms with Crippen molar-refractivity contribution in [1.82, 2.24) is 0 Å². The molecular formula is C15H28O4. The lowest BCUT2D eigenvalue weighted by atomic mass is 10.0. The fraction of sp³-hybridized carbons (Fsp3) is 0.800. The maximum atomic E-state index is 11.7. The van der Waals surface area contributed by atoms with Gasteiger partial charge in [0, 0.05) is 12.2 Å². The summed E-state index contributed by atoms with van der Waals surface area (Å²) in [7, 11) is 0. The molecule has 0 amide bonds. The smallest absolute Gasteiger partial charge is 0.333 e. The number of hydrogen-bond donors (Lipinski definition) is 2. The van der Waals surface area contributed by atoms with Gasteiger partial charge in [0.25, 0.3) is 0 Å². The van der Waals surface area contributed by atoms with Gasteiger partial charge in [0.05, 0.1) is 12.7 Å². The molecule has 0 aromatic carbocycles. The molecule has 0 saturated carbocycles. The number of ether oxygens (including phenoxy) is 1. The molecule has 0 radical (unpaired) electrons. The Hall–Kier alpha value is -0.870. The van der Waals surface area contributed by atoms with E-state index in [2.05, 4.69) is 0 Å². The van der Waals surface area contributed by atoms with E-state index < -0.39 is 6.10 Å². The largest absolute Gasteiger partial charge is 0.462 e. The van der Waals surface area contributed by atoms with E-state index in [0.717, 1.165) is 32.1 Å². The first-order chi connectivity index (χ1) is 9.04. The van der Waals surface area contributed by atoms with Crippen LogP contribution in [0.15, 0.2) is 11.1 Å². The van der Waals surface area contributed by atoms with Crippen molar-refractivity contribution >= 4 is 5.97 Å². The molecule has 1 unspecified atom stereocenters. The van der Waals surface area contributed by atoms with Crippen LogP contribution in [0.25, 0.3) is 0 Å². The van der Waals surface area contributed by atoms with Crippen molar-refractivity contribution in [2.75, 3.05) is 13.2 Å². The summed E-state index contributed by atoms with van der Waals surface area (Å²) in [6.07, 6.45) is 4.36. The highest BCUT2D eigenvalue weighted by Crippen LogP contribution is 2.15. The molecule has 0 heterocycles. The zero-order valence-corrected chi connectivity index (χ0v) is 12.4. The van der Waals surface area contributed by atoms with Gasteiger partial charge in [-0.2, -0.15) is 0 Å². The van der Waals surface area contributed by atoms with Crippen LogP contribution in [-0.2, 0) is 9.53 Å². The standard InChI is InChI=1S/C15H28O4/c1-4-5-11-19-15(18)13(3)12(2)14(17)9-7-6-8-10-16/h14,16-17H,4-11H2,1-3H3. The second kappa shape index (κ2) is 11.0. The fourth-order valence-corrected chi connectivity index (χ4v) is 1.67. The van der Waals surface area contributed by atoms with E-state index >= 15 is 0 Å². The predicted molar refractivity (Wildman–Crippen MR) is 75.8 cm³/mol. The van der Waals surface area contributed by atoms with Crippen LogP contribution in [0.4, 0.5) is 0 Å². The van der Waals surface area contributed by atoms with E-state index in [4.69, 9.17) is 9.84 Å². The van der Waals surface area contributed by atoms with Crippen LogP contribution in [0.1, 0.15) is 59.3 Å². The molecule has 0 spiro atoms. The molecule has 0 aliphatic rings. The van der Waals surface area contributed by atoms with Crippen molar-refractivity contribution in [3.05, 3.63) is 11.1 Å². The maximum absolute atomic E-state index is 11.7. The number of aliphatic hydroxyl groups excluding tert-OH is 2. The highest BCUT2D eigenvalue weighted by atomic mass is 16.5. The van der Waals surface area contributed by atoms with Crippen molar-refractivity contribution in [3.8, 4) is 0 Å². The van der Waals surface area contributed by atoms with Crippen molar-refractivity contribution in [2.45, 2.75) is 65.4 Å². The molecule has 0 rings (SSSR count). The lowest BCUT2D eigenvalue weighted by molar-refractivity contribution is -0.139. The molecule has 0 bridgehead atoms. The fourth-order valence-electron chi connectivity index (χ4n) is 1.67. The van der Waals surface area contributed by atoms with E-state index in [1.807, 2.05) is 6.92 Å². The van der Waals surface area contributed by atoms with E-state index in [1.165, 1.54) is 0 Å². The van der Waals surface area contributed by atoms with Gasteiger partial charge in [0.15, 0.2) is 0 Å². The van der Waals surface area contributed by atoms with Crippen LogP contribution in [0.5, 0.6) is 0 Å². The third kappa shape index (κ3) is 8.01. The van der Waals surface area contributed by atoms with Gasteiger partial charge in [-0.1, -0.05) is 26.2 Å². The normalized spacial score (nSPS) is 13.9. The van der Waals surface area contributed by atoms with Gasteiger partial charge in [-0.25, -0.2) is 4.79 Å². The van der Waals surface area contributed by atoms with E-state index in [1.54, 1.807) is 13.8 Å². The van der Waals surface area contributed by atoms with Gasteiger partial charge in [-0.3, -0.25) is 0 Å². The SMILES string of the molecule is CCCCOC(=O)C(C)=C(C)C(O)CCCCCO. The Labute approximate surface area is 116 Å². The van der Waals surface area contributed by atoms with E-state index in [-0.39, 0.29) is 12.6 Å². The van der Waals surface area contributed by atoms with Gasteiger partial charge in [-0.05, 0) is 38.7 Å². The van der Waals surface area contributed by atoms with Crippen LogP contribution >= 0.6 is 0 Å². The molecule has 1 atom stereocenters. The van der Waals surface area contributed by atoms with Gasteiger partial charge >= 0.3 is 5.97 Å². The molecule has 19 heavy (non-hydrogen) atoms. The summed E-state index contributed by atoms with van der Waals surface area (Å²) in [4.78, 5) is 11.7. The molecule has 2 N–H and O–H groups in total. The second-order valence-electron chi connectivity index (χ2n) is 4.89. The Balaban J connectivity index is 4.19. The summed E-state index contributed by atoms with van der Waals surface area (Å²) >= 11 is 0. The highest BCUT2D eigenvalue weighted by Gasteiger charge is 2.15. The number of aliphatic hydroxyl groups is 2. The lowest BCUT2D eigenvalue weighted by Crippen LogP contribution is -2.15. The Bertz CT molecular complexity index is 284. The summed E-state index contributed by atoms with van der Waals surface area (Å²) < 4.78 is 5.12. The molecule has 4 heteroatoms. The monoisotopic (exact) mass is 272 g/mol. The predicted octanol–water partition coefficient (Wildman–Crippen LogP) is 2.58. The molecule has 0 saturated heterocycles. The van der Waals surface area contributed by atoms with E-state index in [0.29, 0.717) is 24.2 Å². The first kappa shape index (κ1) is 18.1. The molecule has 0 fully saturated rings. The van der Waals surface area contributed by atoms with Gasteiger partial charge in [-0.15, -0.1) is 0 Å². The summed E-state index contributed by atoms with van der Waals surface area (Å²) in [6.45, 7) is 6.13. The topological polar surface area (TPSA) is 66.8 Å². The third-order valence-corrected chi connectivity index (χ3v) is 3.26. The average molecular weight is 272 g/mol. The molecule has 4 nitrogen and oxygen atoms in total. The van der Waals surface area contributed by atoms with E-state index in [9.17, 15) is 9.90 Å². The molecule has 0 aromatic rings. The minimum Gasteiger partial charge on any atom is -0.462 e. The summed E-state index contributed by atoms with van der Waals surface area (Å²) in [6, 6.07) is 0. The van der Waals surface area contributed by atoms with Crippen LogP contribution in [0, 0.1) is 0 Å². The molecule has 0 aliphatic carbocycles. The first-order valence-electron chi connectivity index (χ1n) is 7.18. The number of esters is 1. The number of rotatable bonds is 10. The number of hydrogen-bond acceptors (Lipinski definition) is 4. The molecular weight excluding hydrogens is 244 g/mol. The first-order valence-corrected chi connectivity index (χ1v) is 7.18. The Morgan fingerprint density at radius 3 is 2.42 bits per heavy atom. The quantitative estimate of drug-likeness (QED) is 0.364. The number of carbonyl (C=O) groups excluding carboxylic acids is 1. The second-order valence-corrected chi connectivity index (χ2v) is 4.89.